The van der Waals surface area contributed by atoms with Gasteiger partial charge in [-0.05, 0) is 23.8 Å². The summed E-state index contributed by atoms with van der Waals surface area (Å²) in [7, 11) is -0.591. The Balaban J connectivity index is 2.37. The number of aliphatic carboxylic acids is 1. The van der Waals surface area contributed by atoms with Crippen molar-refractivity contribution in [2.75, 3.05) is 20.0 Å². The van der Waals surface area contributed by atoms with Gasteiger partial charge < -0.3 is 14.6 Å². The van der Waals surface area contributed by atoms with E-state index in [1.165, 1.54) is 26.2 Å². The van der Waals surface area contributed by atoms with Crippen LogP contribution < -0.4 is 9.47 Å². The molecule has 0 heterocycles. The van der Waals surface area contributed by atoms with Crippen LogP contribution in [0, 0.1) is 5.92 Å². The number of methoxy groups -OCH3 is 2. The Morgan fingerprint density at radius 3 is 2.24 bits per heavy atom. The first-order valence-electron chi connectivity index (χ1n) is 7.57. The molecule has 1 N–H and O–H groups in total. The lowest BCUT2D eigenvalue weighted by Gasteiger charge is -2.13. The zero-order valence-corrected chi connectivity index (χ0v) is 15.0. The van der Waals surface area contributed by atoms with Crippen LogP contribution in [-0.2, 0) is 14.6 Å². The third-order valence-electron chi connectivity index (χ3n) is 3.82. The fourth-order valence-electron chi connectivity index (χ4n) is 2.45. The molecule has 7 heteroatoms. The maximum atomic E-state index is 12.3. The standard InChI is InChI=1S/C18H20O6S/c1-12(18(19)20)11-25(21,22)14-9-7-13(8-10-14)15-5-4-6-16(23-2)17(15)24-3/h4-10,12H,11H2,1-3H3,(H,19,20). The van der Waals surface area contributed by atoms with E-state index in [1.807, 2.05) is 12.1 Å². The minimum Gasteiger partial charge on any atom is -0.493 e. The maximum absolute atomic E-state index is 12.3. The molecule has 0 aliphatic carbocycles. The van der Waals surface area contributed by atoms with Crippen molar-refractivity contribution in [1.82, 2.24) is 0 Å². The van der Waals surface area contributed by atoms with Gasteiger partial charge in [-0.2, -0.15) is 0 Å². The van der Waals surface area contributed by atoms with Crippen LogP contribution in [0.5, 0.6) is 11.5 Å². The molecule has 1 unspecified atom stereocenters. The lowest BCUT2D eigenvalue weighted by Crippen LogP contribution is -2.21. The zero-order valence-electron chi connectivity index (χ0n) is 14.2. The van der Waals surface area contributed by atoms with Crippen LogP contribution in [0.25, 0.3) is 11.1 Å². The monoisotopic (exact) mass is 364 g/mol. The van der Waals surface area contributed by atoms with Gasteiger partial charge in [0.05, 0.1) is 30.8 Å². The highest BCUT2D eigenvalue weighted by Crippen LogP contribution is 2.38. The Hall–Kier alpha value is -2.54. The van der Waals surface area contributed by atoms with Crippen molar-refractivity contribution in [2.24, 2.45) is 5.92 Å². The number of rotatable bonds is 7. The minimum atomic E-state index is -3.67. The van der Waals surface area contributed by atoms with Crippen molar-refractivity contribution in [2.45, 2.75) is 11.8 Å². The van der Waals surface area contributed by atoms with Gasteiger partial charge in [0.25, 0.3) is 0 Å². The third kappa shape index (κ3) is 4.11. The van der Waals surface area contributed by atoms with Gasteiger partial charge in [0.15, 0.2) is 21.3 Å². The maximum Gasteiger partial charge on any atom is 0.307 e. The molecule has 6 nitrogen and oxygen atoms in total. The summed E-state index contributed by atoms with van der Waals surface area (Å²) in [6, 6.07) is 11.7. The minimum absolute atomic E-state index is 0.0891. The molecule has 134 valence electrons. The third-order valence-corrected chi connectivity index (χ3v) is 5.75. The lowest BCUT2D eigenvalue weighted by atomic mass is 10.0. The smallest absolute Gasteiger partial charge is 0.307 e. The van der Waals surface area contributed by atoms with E-state index in [0.717, 1.165) is 11.1 Å². The Labute approximate surface area is 146 Å². The van der Waals surface area contributed by atoms with Gasteiger partial charge >= 0.3 is 5.97 Å². The molecule has 2 aromatic rings. The first-order valence-corrected chi connectivity index (χ1v) is 9.22. The summed E-state index contributed by atoms with van der Waals surface area (Å²) < 4.78 is 35.3. The van der Waals surface area contributed by atoms with Crippen LogP contribution in [0.3, 0.4) is 0 Å². The van der Waals surface area contributed by atoms with Gasteiger partial charge in [-0.1, -0.05) is 31.2 Å². The van der Waals surface area contributed by atoms with Crippen LogP contribution in [0.15, 0.2) is 47.4 Å². The predicted molar refractivity (Wildman–Crippen MR) is 93.8 cm³/mol. The molecular formula is C18H20O6S. The van der Waals surface area contributed by atoms with E-state index >= 15 is 0 Å². The summed E-state index contributed by atoms with van der Waals surface area (Å²) in [6.45, 7) is 1.37. The van der Waals surface area contributed by atoms with Crippen LogP contribution in [-0.4, -0.2) is 39.5 Å². The molecule has 25 heavy (non-hydrogen) atoms. The highest BCUT2D eigenvalue weighted by atomic mass is 32.2. The highest BCUT2D eigenvalue weighted by molar-refractivity contribution is 7.91. The average molecular weight is 364 g/mol. The molecule has 0 saturated heterocycles. The summed E-state index contributed by atoms with van der Waals surface area (Å²) in [5.74, 6) is -1.42. The van der Waals surface area contributed by atoms with E-state index in [9.17, 15) is 13.2 Å². The molecule has 2 aromatic carbocycles. The topological polar surface area (TPSA) is 89.9 Å². The lowest BCUT2D eigenvalue weighted by molar-refractivity contribution is -0.140. The molecule has 0 bridgehead atoms. The molecule has 0 aliphatic heterocycles. The number of sulfone groups is 1. The molecular weight excluding hydrogens is 344 g/mol. The van der Waals surface area contributed by atoms with Gasteiger partial charge in [-0.25, -0.2) is 8.42 Å². The molecule has 0 amide bonds. The number of ether oxygens (including phenoxy) is 2. The first kappa shape index (κ1) is 18.8. The van der Waals surface area contributed by atoms with Crippen LogP contribution in [0.2, 0.25) is 0 Å². The zero-order chi connectivity index (χ0) is 18.6. The Bertz CT molecular complexity index is 856. The number of carbonyl (C=O) groups is 1. The molecule has 0 fully saturated rings. The van der Waals surface area contributed by atoms with Gasteiger partial charge in [-0.15, -0.1) is 0 Å². The first-order chi connectivity index (χ1) is 11.8. The molecule has 0 spiro atoms. The van der Waals surface area contributed by atoms with E-state index < -0.39 is 27.5 Å². The normalized spacial score (nSPS) is 12.4. The summed E-state index contributed by atoms with van der Waals surface area (Å²) in [4.78, 5) is 11.0. The number of carboxylic acids is 1. The molecule has 0 radical (unpaired) electrons. The molecule has 0 aliphatic rings. The number of para-hydroxylation sites is 1. The second kappa shape index (κ2) is 7.57. The van der Waals surface area contributed by atoms with E-state index in [1.54, 1.807) is 25.3 Å². The van der Waals surface area contributed by atoms with Crippen molar-refractivity contribution < 1.29 is 27.8 Å². The Kier molecular flexibility index (Phi) is 5.69. The Morgan fingerprint density at radius 1 is 1.08 bits per heavy atom. The van der Waals surface area contributed by atoms with Crippen LogP contribution in [0.4, 0.5) is 0 Å². The van der Waals surface area contributed by atoms with E-state index in [0.29, 0.717) is 11.5 Å². The Morgan fingerprint density at radius 2 is 1.72 bits per heavy atom. The van der Waals surface area contributed by atoms with Crippen LogP contribution in [0.1, 0.15) is 6.92 Å². The fraction of sp³-hybridized carbons (Fsp3) is 0.278. The van der Waals surface area contributed by atoms with Crippen molar-refractivity contribution >= 4 is 15.8 Å². The second-order valence-electron chi connectivity index (χ2n) is 5.59. The highest BCUT2D eigenvalue weighted by Gasteiger charge is 2.23. The van der Waals surface area contributed by atoms with Crippen molar-refractivity contribution in [3.8, 4) is 22.6 Å². The average Bonchev–Trinajstić information content (AvgIpc) is 2.60. The predicted octanol–water partition coefficient (Wildman–Crippen LogP) is 2.87. The second-order valence-corrected chi connectivity index (χ2v) is 7.62. The SMILES string of the molecule is COc1cccc(-c2ccc(S(=O)(=O)CC(C)C(=O)O)cc2)c1OC. The number of benzene rings is 2. The quantitative estimate of drug-likeness (QED) is 0.812. The summed E-state index contributed by atoms with van der Waals surface area (Å²) in [6.07, 6.45) is 0. The van der Waals surface area contributed by atoms with E-state index in [4.69, 9.17) is 14.6 Å². The van der Waals surface area contributed by atoms with Gasteiger partial charge in [0.2, 0.25) is 0 Å². The van der Waals surface area contributed by atoms with Gasteiger partial charge in [0, 0.05) is 5.56 Å². The summed E-state index contributed by atoms with van der Waals surface area (Å²) >= 11 is 0. The summed E-state index contributed by atoms with van der Waals surface area (Å²) in [5.41, 5.74) is 1.53. The van der Waals surface area contributed by atoms with Crippen molar-refractivity contribution in [1.29, 1.82) is 0 Å². The van der Waals surface area contributed by atoms with Gasteiger partial charge in [0.1, 0.15) is 0 Å². The largest absolute Gasteiger partial charge is 0.493 e. The van der Waals surface area contributed by atoms with Crippen LogP contribution >= 0.6 is 0 Å². The fourth-order valence-corrected chi connectivity index (χ4v) is 4.00. The molecule has 0 saturated carbocycles. The number of hydrogen-bond donors (Lipinski definition) is 1. The number of hydrogen-bond acceptors (Lipinski definition) is 5. The van der Waals surface area contributed by atoms with Crippen molar-refractivity contribution in [3.63, 3.8) is 0 Å². The van der Waals surface area contributed by atoms with Crippen molar-refractivity contribution in [3.05, 3.63) is 42.5 Å². The van der Waals surface area contributed by atoms with Gasteiger partial charge in [-0.3, -0.25) is 4.79 Å². The van der Waals surface area contributed by atoms with E-state index in [2.05, 4.69) is 0 Å². The van der Waals surface area contributed by atoms with E-state index in [-0.39, 0.29) is 4.90 Å². The summed E-state index contributed by atoms with van der Waals surface area (Å²) in [5, 5.41) is 8.90. The molecule has 2 rings (SSSR count). The molecule has 0 aromatic heterocycles. The molecule has 1 atom stereocenters. The number of carboxylic acid groups (broad SMARTS) is 1.